The summed E-state index contributed by atoms with van der Waals surface area (Å²) >= 11 is 0. The van der Waals surface area contributed by atoms with Crippen molar-refractivity contribution in [2.24, 2.45) is 17.4 Å². The van der Waals surface area contributed by atoms with Crippen molar-refractivity contribution in [2.45, 2.75) is 62.8 Å². The molecule has 2 heterocycles. The SMILES string of the molecule is NC(=O)[C@H](Cc1ccccc1)NC(=O)[C@@H](CC(=O)[C@@H]1CCCN1C(=O)[C@H](N)Cc1ccc(O)cc1)Cc1c[nH]c2c(C(F)(F)F)cccc12. The molecule has 0 saturated carbocycles. The third kappa shape index (κ3) is 8.47. The fraction of sp³-hybridized carbons (Fsp3) is 0.333. The highest BCUT2D eigenvalue weighted by Gasteiger charge is 2.39. The number of phenols is 1. The van der Waals surface area contributed by atoms with Crippen LogP contribution >= 0.6 is 0 Å². The van der Waals surface area contributed by atoms with Gasteiger partial charge in [-0.15, -0.1) is 0 Å². The molecular formula is C36H38F3N5O5. The maximum absolute atomic E-state index is 13.9. The van der Waals surface area contributed by atoms with E-state index in [-0.39, 0.29) is 42.3 Å². The molecule has 0 spiro atoms. The summed E-state index contributed by atoms with van der Waals surface area (Å²) in [4.78, 5) is 57.7. The number of benzene rings is 3. The van der Waals surface area contributed by atoms with Crippen LogP contribution in [0.25, 0.3) is 10.9 Å². The maximum Gasteiger partial charge on any atom is 0.418 e. The van der Waals surface area contributed by atoms with Gasteiger partial charge in [0.15, 0.2) is 5.78 Å². The van der Waals surface area contributed by atoms with Crippen molar-refractivity contribution < 1.29 is 37.5 Å². The molecule has 0 radical (unpaired) electrons. The Bertz CT molecular complexity index is 1810. The van der Waals surface area contributed by atoms with Crippen molar-refractivity contribution in [1.82, 2.24) is 15.2 Å². The molecule has 7 N–H and O–H groups in total. The lowest BCUT2D eigenvalue weighted by Gasteiger charge is -2.28. The minimum absolute atomic E-state index is 0.0723. The van der Waals surface area contributed by atoms with E-state index in [9.17, 15) is 37.5 Å². The number of H-pyrrole nitrogens is 1. The molecule has 1 fully saturated rings. The van der Waals surface area contributed by atoms with E-state index in [4.69, 9.17) is 11.5 Å². The number of aromatic amines is 1. The summed E-state index contributed by atoms with van der Waals surface area (Å²) in [6, 6.07) is 16.0. The van der Waals surface area contributed by atoms with E-state index in [0.717, 1.165) is 17.2 Å². The Morgan fingerprint density at radius 2 is 1.63 bits per heavy atom. The second kappa shape index (κ2) is 14.9. The van der Waals surface area contributed by atoms with Crippen LogP contribution in [-0.2, 0) is 44.6 Å². The Hall–Kier alpha value is -5.17. The number of nitrogens with one attached hydrogen (secondary N) is 2. The molecule has 3 aromatic carbocycles. The first-order valence-electron chi connectivity index (χ1n) is 16.0. The van der Waals surface area contributed by atoms with Gasteiger partial charge in [-0.25, -0.2) is 0 Å². The molecule has 0 aliphatic carbocycles. The third-order valence-electron chi connectivity index (χ3n) is 8.95. The quantitative estimate of drug-likeness (QED) is 0.144. The zero-order valence-electron chi connectivity index (χ0n) is 26.6. The predicted molar refractivity (Wildman–Crippen MR) is 176 cm³/mol. The van der Waals surface area contributed by atoms with Crippen LogP contribution in [0.2, 0.25) is 0 Å². The first-order chi connectivity index (χ1) is 23.3. The number of Topliss-reactive ketones (excluding diaryl/α,β-unsaturated/α-hetero) is 1. The van der Waals surface area contributed by atoms with Crippen LogP contribution in [0.15, 0.2) is 79.0 Å². The van der Waals surface area contributed by atoms with Gasteiger partial charge >= 0.3 is 6.18 Å². The lowest BCUT2D eigenvalue weighted by atomic mass is 9.89. The Balaban J connectivity index is 1.38. The van der Waals surface area contributed by atoms with E-state index in [2.05, 4.69) is 10.3 Å². The van der Waals surface area contributed by atoms with E-state index in [1.807, 2.05) is 0 Å². The van der Waals surface area contributed by atoms with Crippen molar-refractivity contribution >= 4 is 34.4 Å². The van der Waals surface area contributed by atoms with Gasteiger partial charge in [0.1, 0.15) is 11.8 Å². The van der Waals surface area contributed by atoms with E-state index in [0.29, 0.717) is 24.9 Å². The monoisotopic (exact) mass is 677 g/mol. The lowest BCUT2D eigenvalue weighted by Crippen LogP contribution is -2.51. The highest BCUT2D eigenvalue weighted by molar-refractivity contribution is 5.95. The van der Waals surface area contributed by atoms with Gasteiger partial charge in [0.25, 0.3) is 0 Å². The van der Waals surface area contributed by atoms with Gasteiger partial charge in [0.2, 0.25) is 17.7 Å². The molecule has 10 nitrogen and oxygen atoms in total. The summed E-state index contributed by atoms with van der Waals surface area (Å²) in [5.41, 5.74) is 12.7. The topological polar surface area (TPSA) is 172 Å². The van der Waals surface area contributed by atoms with E-state index in [1.165, 1.54) is 35.4 Å². The summed E-state index contributed by atoms with van der Waals surface area (Å²) in [5.74, 6) is -3.34. The van der Waals surface area contributed by atoms with Crippen molar-refractivity contribution in [3.63, 3.8) is 0 Å². The number of nitrogens with two attached hydrogens (primary N) is 2. The summed E-state index contributed by atoms with van der Waals surface area (Å²) in [6.07, 6.45) is -2.56. The number of phenolic OH excluding ortho intramolecular Hbond substituents is 1. The lowest BCUT2D eigenvalue weighted by molar-refractivity contribution is -0.140. The number of para-hydroxylation sites is 1. The molecular weight excluding hydrogens is 639 g/mol. The molecule has 1 aliphatic heterocycles. The fourth-order valence-corrected chi connectivity index (χ4v) is 6.43. The van der Waals surface area contributed by atoms with Gasteiger partial charge in [-0.2, -0.15) is 13.2 Å². The van der Waals surface area contributed by atoms with E-state index in [1.54, 1.807) is 42.5 Å². The van der Waals surface area contributed by atoms with Crippen LogP contribution < -0.4 is 16.8 Å². The van der Waals surface area contributed by atoms with Crippen molar-refractivity contribution in [2.75, 3.05) is 6.54 Å². The number of nitrogens with zero attached hydrogens (tertiary/aromatic N) is 1. The number of carbonyl (C=O) groups is 4. The molecule has 3 amide bonds. The van der Waals surface area contributed by atoms with Gasteiger partial charge in [0, 0.05) is 36.9 Å². The van der Waals surface area contributed by atoms with Crippen LogP contribution in [0.4, 0.5) is 13.2 Å². The molecule has 4 atom stereocenters. The number of likely N-dealkylation sites (tertiary alicyclic amines) is 1. The first-order valence-corrected chi connectivity index (χ1v) is 16.0. The molecule has 1 aliphatic rings. The maximum atomic E-state index is 13.9. The largest absolute Gasteiger partial charge is 0.508 e. The molecule has 49 heavy (non-hydrogen) atoms. The minimum atomic E-state index is -4.62. The molecule has 0 bridgehead atoms. The number of rotatable bonds is 13. The number of carbonyl (C=O) groups excluding carboxylic acids is 4. The summed E-state index contributed by atoms with van der Waals surface area (Å²) in [6.45, 7) is 0.291. The Morgan fingerprint density at radius 1 is 0.939 bits per heavy atom. The zero-order valence-corrected chi connectivity index (χ0v) is 26.6. The van der Waals surface area contributed by atoms with Crippen LogP contribution in [-0.4, -0.2) is 63.2 Å². The normalized spacial score (nSPS) is 16.7. The minimum Gasteiger partial charge on any atom is -0.508 e. The average molecular weight is 678 g/mol. The van der Waals surface area contributed by atoms with E-state index >= 15 is 0 Å². The highest BCUT2D eigenvalue weighted by atomic mass is 19.4. The number of fused-ring (bicyclic) bond motifs is 1. The number of aromatic nitrogens is 1. The predicted octanol–water partition coefficient (Wildman–Crippen LogP) is 3.78. The fourth-order valence-electron chi connectivity index (χ4n) is 6.43. The second-order valence-corrected chi connectivity index (χ2v) is 12.4. The van der Waals surface area contributed by atoms with Crippen molar-refractivity contribution in [1.29, 1.82) is 0 Å². The number of ketones is 1. The highest BCUT2D eigenvalue weighted by Crippen LogP contribution is 2.36. The Labute approximate surface area is 280 Å². The second-order valence-electron chi connectivity index (χ2n) is 12.4. The number of hydrogen-bond acceptors (Lipinski definition) is 6. The Kier molecular flexibility index (Phi) is 10.7. The van der Waals surface area contributed by atoms with Gasteiger partial charge in [-0.1, -0.05) is 54.6 Å². The molecule has 0 unspecified atom stereocenters. The molecule has 5 rings (SSSR count). The van der Waals surface area contributed by atoms with Crippen LogP contribution in [0, 0.1) is 5.92 Å². The molecule has 1 aromatic heterocycles. The molecule has 258 valence electrons. The van der Waals surface area contributed by atoms with E-state index < -0.39 is 59.3 Å². The number of aromatic hydroxyl groups is 1. The standard InChI is InChI=1S/C36H38F3N5O5/c37-36(38,39)27-9-4-8-26-24(20-42-32(26)27)18-23(34(48)43-29(33(41)47)17-21-6-2-1-3-7-21)19-31(46)30-10-5-15-44(30)35(49)28(40)16-22-11-13-25(45)14-12-22/h1-4,6-9,11-14,20,23,28-30,42,45H,5,10,15-19,40H2,(H2,41,47)(H,43,48)/t23-,28-,29+,30+/m1/s1. The number of amides is 3. The van der Waals surface area contributed by atoms with Gasteiger partial charge < -0.3 is 31.8 Å². The Morgan fingerprint density at radius 3 is 2.31 bits per heavy atom. The number of hydrogen-bond donors (Lipinski definition) is 5. The number of alkyl halides is 3. The summed E-state index contributed by atoms with van der Waals surface area (Å²) in [5, 5.41) is 12.5. The number of halogens is 3. The average Bonchev–Trinajstić information content (AvgIpc) is 3.72. The van der Waals surface area contributed by atoms with Gasteiger partial charge in [0.05, 0.1) is 23.2 Å². The summed E-state index contributed by atoms with van der Waals surface area (Å²) in [7, 11) is 0. The van der Waals surface area contributed by atoms with Crippen LogP contribution in [0.5, 0.6) is 5.75 Å². The summed E-state index contributed by atoms with van der Waals surface area (Å²) < 4.78 is 41.2. The molecule has 4 aromatic rings. The third-order valence-corrected chi connectivity index (χ3v) is 8.95. The van der Waals surface area contributed by atoms with Crippen molar-refractivity contribution in [3.05, 3.63) is 101 Å². The van der Waals surface area contributed by atoms with Gasteiger partial charge in [-0.05, 0) is 60.6 Å². The molecule has 1 saturated heterocycles. The van der Waals surface area contributed by atoms with Crippen LogP contribution in [0.3, 0.4) is 0 Å². The van der Waals surface area contributed by atoms with Crippen LogP contribution in [0.1, 0.15) is 41.5 Å². The number of primary amides is 1. The first kappa shape index (κ1) is 35.1. The van der Waals surface area contributed by atoms with Gasteiger partial charge in [-0.3, -0.25) is 19.2 Å². The van der Waals surface area contributed by atoms with Crippen molar-refractivity contribution in [3.8, 4) is 5.75 Å². The molecule has 13 heteroatoms. The smallest absolute Gasteiger partial charge is 0.418 e. The zero-order chi connectivity index (χ0) is 35.3.